The van der Waals surface area contributed by atoms with Gasteiger partial charge in [-0.05, 0) is 13.4 Å². The Balaban J connectivity index is -0.000000218. The molecule has 0 radical (unpaired) electrons. The molecule has 0 aromatic heterocycles. The van der Waals surface area contributed by atoms with Crippen molar-refractivity contribution in [3.05, 3.63) is 0 Å². The summed E-state index contributed by atoms with van der Waals surface area (Å²) in [7, 11) is 0. The van der Waals surface area contributed by atoms with Gasteiger partial charge in [-0.15, -0.1) is 0 Å². The first-order valence-corrected chi connectivity index (χ1v) is 6.69. The van der Waals surface area contributed by atoms with Crippen molar-refractivity contribution < 1.29 is 0 Å². The van der Waals surface area contributed by atoms with Crippen LogP contribution in [0.1, 0.15) is 41.5 Å². The Kier molecular flexibility index (Phi) is 18.3. The number of hydrogen-bond donors (Lipinski definition) is 0. The Labute approximate surface area is 118 Å². The first-order valence-electron chi connectivity index (χ1n) is 7.85. The van der Waals surface area contributed by atoms with Crippen molar-refractivity contribution in [2.75, 3.05) is 0 Å². The summed E-state index contributed by atoms with van der Waals surface area (Å²) in [5, 5.41) is 0. The van der Waals surface area contributed by atoms with E-state index in [9.17, 15) is 0 Å². The van der Waals surface area contributed by atoms with E-state index in [0.717, 1.165) is 37.9 Å². The molecule has 0 aliphatic carbocycles. The smallest absolute Gasteiger partial charge is 0.222 e. The van der Waals surface area contributed by atoms with Crippen LogP contribution in [-0.4, -0.2) is 39.1 Å². The van der Waals surface area contributed by atoms with Gasteiger partial charge in [0.2, 0.25) is 0 Å². The fourth-order valence-corrected chi connectivity index (χ4v) is 1.73. The van der Waals surface area contributed by atoms with Gasteiger partial charge in [-0.1, -0.05) is 41.5 Å². The average Bonchev–Trinajstić information content (AvgIpc) is 2.37. The summed E-state index contributed by atoms with van der Waals surface area (Å²) in [6.45, 7) is 11.2. The van der Waals surface area contributed by atoms with Crippen molar-refractivity contribution in [1.29, 1.82) is 2.67 Å². The van der Waals surface area contributed by atoms with E-state index in [0.29, 0.717) is 0 Å². The van der Waals surface area contributed by atoms with Gasteiger partial charge < -0.3 is 0 Å². The van der Waals surface area contributed by atoms with Gasteiger partial charge in [0.25, 0.3) is 0 Å². The van der Waals surface area contributed by atoms with Crippen LogP contribution >= 0.6 is 0 Å². The van der Waals surface area contributed by atoms with Crippen LogP contribution in [0.3, 0.4) is 0 Å². The van der Waals surface area contributed by atoms with Crippen LogP contribution in [0.2, 0.25) is 37.9 Å². The largest absolute Gasteiger partial charge is 2.00 e. The first kappa shape index (κ1) is 15.9. The third-order valence-electron chi connectivity index (χ3n) is 3.46. The third-order valence-corrected chi connectivity index (χ3v) is 3.46. The van der Waals surface area contributed by atoms with E-state index in [1.54, 1.807) is 0 Å². The Morgan fingerprint density at radius 1 is 0.600 bits per heavy atom. The molecule has 88 valence electrons. The summed E-state index contributed by atoms with van der Waals surface area (Å²) in [5.74, 6) is 0. The van der Waals surface area contributed by atoms with E-state index in [2.05, 4.69) is 41.5 Å². The van der Waals surface area contributed by atoms with E-state index < -0.39 is 13.4 Å². The van der Waals surface area contributed by atoms with Crippen molar-refractivity contribution in [3.63, 3.8) is 0 Å². The Morgan fingerprint density at radius 3 is 0.733 bits per heavy atom. The molecule has 0 heterocycles. The summed E-state index contributed by atoms with van der Waals surface area (Å²) < 4.78 is 15.5. The maximum Gasteiger partial charge on any atom is 2.00 e. The van der Waals surface area contributed by atoms with Crippen LogP contribution < -0.4 is 0 Å². The van der Waals surface area contributed by atoms with Gasteiger partial charge in [-0.25, -0.2) is 2.67 Å². The summed E-state index contributed by atoms with van der Waals surface area (Å²) in [6.07, 6.45) is 6.29. The van der Waals surface area contributed by atoms with Crippen molar-refractivity contribution in [2.45, 2.75) is 79.5 Å². The molecule has 0 spiro atoms. The zero-order chi connectivity index (χ0) is 13.2. The van der Waals surface area contributed by atoms with Gasteiger partial charge in [0.05, 0.1) is 0 Å². The van der Waals surface area contributed by atoms with E-state index in [-0.39, 0.29) is 23.1 Å². The van der Waals surface area contributed by atoms with Gasteiger partial charge in [0.1, 0.15) is 0 Å². The minimum absolute atomic E-state index is 0. The van der Waals surface area contributed by atoms with Crippen LogP contribution in [0.15, 0.2) is 0 Å². The monoisotopic (exact) mass is 224 g/mol. The van der Waals surface area contributed by atoms with E-state index in [1.165, 1.54) is 0 Å². The molecular formula is C12H32B2Mg. The van der Waals surface area contributed by atoms with E-state index in [1.807, 2.05) is 0 Å². The molecule has 0 saturated heterocycles. The number of hydrogen-bond acceptors (Lipinski definition) is 0. The summed E-state index contributed by atoms with van der Waals surface area (Å²) in [6, 6.07) is 0. The summed E-state index contributed by atoms with van der Waals surface area (Å²) in [5.41, 5.74) is 0. The van der Waals surface area contributed by atoms with Crippen LogP contribution in [0.4, 0.5) is 0 Å². The van der Waals surface area contributed by atoms with Crippen molar-refractivity contribution >= 4 is 36.4 Å². The molecule has 0 aliphatic rings. The van der Waals surface area contributed by atoms with Crippen molar-refractivity contribution in [2.24, 2.45) is 0 Å². The average molecular weight is 224 g/mol. The van der Waals surface area contributed by atoms with Gasteiger partial charge >= 0.3 is 23.1 Å². The fraction of sp³-hybridized carbons (Fsp3) is 1.00. The van der Waals surface area contributed by atoms with Crippen LogP contribution in [0.25, 0.3) is 0 Å². The minimum atomic E-state index is -0.708. The third kappa shape index (κ3) is 14.9. The zero-order valence-corrected chi connectivity index (χ0v) is 13.5. The second-order valence-corrected chi connectivity index (χ2v) is 4.18. The van der Waals surface area contributed by atoms with Crippen LogP contribution in [-0.2, 0) is 0 Å². The fourth-order valence-electron chi connectivity index (χ4n) is 1.73. The second-order valence-electron chi connectivity index (χ2n) is 4.18. The predicted octanol–water partition coefficient (Wildman–Crippen LogP) is 4.17. The zero-order valence-electron chi connectivity index (χ0n) is 14.1. The molecular weight excluding hydrogens is 190 g/mol. The standard InChI is InChI=1S/2C6H16B.Mg/c2*1-4-7(5-2)6-3;/h2*7H,4-6H2,1-3H3;/q2*-1;+2/i2*7D;. The molecule has 0 amide bonds. The van der Waals surface area contributed by atoms with Crippen molar-refractivity contribution in [1.82, 2.24) is 0 Å². The van der Waals surface area contributed by atoms with Crippen molar-refractivity contribution in [3.8, 4) is 0 Å². The minimum Gasteiger partial charge on any atom is -0.222 e. The molecule has 0 aromatic rings. The molecule has 0 fully saturated rings. The first-order chi connectivity index (χ1) is 7.36. The molecule has 0 atom stereocenters. The predicted molar refractivity (Wildman–Crippen MR) is 82.9 cm³/mol. The van der Waals surface area contributed by atoms with Crippen LogP contribution in [0, 0.1) is 0 Å². The molecule has 0 bridgehead atoms. The Bertz CT molecular complexity index is 126. The topological polar surface area (TPSA) is 0 Å². The normalized spacial score (nSPS) is 12.9. The summed E-state index contributed by atoms with van der Waals surface area (Å²) in [4.78, 5) is 0. The quantitative estimate of drug-likeness (QED) is 0.594. The molecule has 0 aromatic carbocycles. The van der Waals surface area contributed by atoms with Gasteiger partial charge in [0.15, 0.2) is 0 Å². The second kappa shape index (κ2) is 17.3. The van der Waals surface area contributed by atoms with Gasteiger partial charge in [0, 0.05) is 0 Å². The molecule has 15 heavy (non-hydrogen) atoms. The maximum absolute atomic E-state index is 7.73. The van der Waals surface area contributed by atoms with Crippen LogP contribution in [0.5, 0.6) is 0 Å². The molecule has 0 aliphatic heterocycles. The Hall–Kier alpha value is 0.896. The molecule has 3 heteroatoms. The number of rotatable bonds is 6. The molecule has 0 N–H and O–H groups in total. The van der Waals surface area contributed by atoms with Gasteiger partial charge in [-0.2, -0.15) is 37.9 Å². The van der Waals surface area contributed by atoms with Gasteiger partial charge in [-0.3, -0.25) is 0 Å². The Morgan fingerprint density at radius 2 is 0.733 bits per heavy atom. The molecule has 0 saturated carbocycles. The molecule has 0 nitrogen and oxygen atoms in total. The molecule has 0 unspecified atom stereocenters. The van der Waals surface area contributed by atoms with E-state index >= 15 is 0 Å². The molecule has 0 rings (SSSR count). The maximum atomic E-state index is 7.73. The SMILES string of the molecule is [2H][B-](CC)(CC)CC.[2H][B-](CC)(CC)CC.[Mg+2]. The summed E-state index contributed by atoms with van der Waals surface area (Å²) >= 11 is 0. The van der Waals surface area contributed by atoms with E-state index in [4.69, 9.17) is 2.67 Å².